The zero-order valence-electron chi connectivity index (χ0n) is 9.13. The smallest absolute Gasteiger partial charge is 0.140 e. The van der Waals surface area contributed by atoms with E-state index in [0.717, 1.165) is 12.8 Å². The summed E-state index contributed by atoms with van der Waals surface area (Å²) >= 11 is 0. The lowest BCUT2D eigenvalue weighted by Crippen LogP contribution is -2.35. The molecular weight excluding hydrogens is 160 g/mol. The Bertz CT molecular complexity index is 223. The van der Waals surface area contributed by atoms with Gasteiger partial charge in [-0.2, -0.15) is 0 Å². The van der Waals surface area contributed by atoms with Gasteiger partial charge in [0.15, 0.2) is 0 Å². The van der Waals surface area contributed by atoms with Crippen molar-refractivity contribution in [1.82, 2.24) is 0 Å². The molecule has 1 heteroatoms. The molecule has 1 unspecified atom stereocenters. The Labute approximate surface area is 81.2 Å². The van der Waals surface area contributed by atoms with Crippen LogP contribution in [0.3, 0.4) is 0 Å². The number of ketones is 1. The third-order valence-electron chi connectivity index (χ3n) is 3.52. The van der Waals surface area contributed by atoms with E-state index in [1.165, 1.54) is 0 Å². The largest absolute Gasteiger partial charge is 0.299 e. The zero-order valence-corrected chi connectivity index (χ0v) is 9.13. The quantitative estimate of drug-likeness (QED) is 0.596. The molecule has 1 nitrogen and oxygen atoms in total. The number of Topliss-reactive ketones (excluding diaryl/α,β-unsaturated/α-hetero) is 1. The summed E-state index contributed by atoms with van der Waals surface area (Å²) in [7, 11) is 0. The van der Waals surface area contributed by atoms with Gasteiger partial charge < -0.3 is 0 Å². The van der Waals surface area contributed by atoms with Crippen LogP contribution in [0.25, 0.3) is 0 Å². The molecule has 0 aromatic rings. The summed E-state index contributed by atoms with van der Waals surface area (Å²) in [6.45, 7) is 8.76. The fourth-order valence-corrected chi connectivity index (χ4v) is 1.74. The molecule has 0 saturated heterocycles. The maximum absolute atomic E-state index is 11.7. The van der Waals surface area contributed by atoms with Crippen LogP contribution in [0.1, 0.15) is 40.5 Å². The minimum absolute atomic E-state index is 0.105. The first kappa shape index (κ1) is 10.5. The molecule has 1 aliphatic carbocycles. The van der Waals surface area contributed by atoms with E-state index in [2.05, 4.69) is 39.8 Å². The van der Waals surface area contributed by atoms with E-state index in [9.17, 15) is 4.79 Å². The summed E-state index contributed by atoms with van der Waals surface area (Å²) in [4.78, 5) is 11.7. The van der Waals surface area contributed by atoms with E-state index in [0.29, 0.717) is 11.7 Å². The fourth-order valence-electron chi connectivity index (χ4n) is 1.74. The number of carbonyl (C=O) groups excluding carboxylic acids is 1. The molecule has 0 bridgehead atoms. The maximum Gasteiger partial charge on any atom is 0.140 e. The van der Waals surface area contributed by atoms with Gasteiger partial charge in [-0.05, 0) is 17.8 Å². The van der Waals surface area contributed by atoms with E-state index >= 15 is 0 Å². The van der Waals surface area contributed by atoms with Crippen LogP contribution in [-0.2, 0) is 4.79 Å². The highest BCUT2D eigenvalue weighted by atomic mass is 16.1. The average Bonchev–Trinajstić information content (AvgIpc) is 2.04. The second kappa shape index (κ2) is 3.65. The summed E-state index contributed by atoms with van der Waals surface area (Å²) < 4.78 is 0. The average molecular weight is 180 g/mol. The number of allylic oxidation sites excluding steroid dienone is 2. The number of hydrogen-bond acceptors (Lipinski definition) is 1. The van der Waals surface area contributed by atoms with Crippen LogP contribution in [0.15, 0.2) is 12.2 Å². The van der Waals surface area contributed by atoms with Gasteiger partial charge in [-0.15, -0.1) is 0 Å². The van der Waals surface area contributed by atoms with Crippen molar-refractivity contribution in [2.45, 2.75) is 40.5 Å². The first-order chi connectivity index (χ1) is 5.96. The third kappa shape index (κ3) is 2.01. The first-order valence-corrected chi connectivity index (χ1v) is 5.15. The molecule has 1 rings (SSSR count). The highest BCUT2D eigenvalue weighted by Gasteiger charge is 2.36. The molecule has 1 atom stereocenters. The lowest BCUT2D eigenvalue weighted by molar-refractivity contribution is -0.125. The lowest BCUT2D eigenvalue weighted by atomic mass is 9.67. The van der Waals surface area contributed by atoms with Crippen LogP contribution >= 0.6 is 0 Å². The minimum atomic E-state index is 0.105. The summed E-state index contributed by atoms with van der Waals surface area (Å²) in [6.07, 6.45) is 5.92. The van der Waals surface area contributed by atoms with Crippen molar-refractivity contribution in [3.8, 4) is 0 Å². The molecule has 0 fully saturated rings. The van der Waals surface area contributed by atoms with Crippen LogP contribution in [0.4, 0.5) is 0 Å². The summed E-state index contributed by atoms with van der Waals surface area (Å²) in [5, 5.41) is 0. The van der Waals surface area contributed by atoms with Gasteiger partial charge in [-0.1, -0.05) is 39.8 Å². The molecule has 0 amide bonds. The standard InChI is InChI=1S/C12H20O/c1-9(2)12(3,4)10-7-5-6-8-11(10)13/h5,7,9-10H,6,8H2,1-4H3. The minimum Gasteiger partial charge on any atom is -0.299 e. The van der Waals surface area contributed by atoms with Crippen molar-refractivity contribution >= 4 is 5.78 Å². The number of carbonyl (C=O) groups is 1. The van der Waals surface area contributed by atoms with E-state index in [4.69, 9.17) is 0 Å². The van der Waals surface area contributed by atoms with Crippen LogP contribution in [0.5, 0.6) is 0 Å². The van der Waals surface area contributed by atoms with Crippen molar-refractivity contribution < 1.29 is 4.79 Å². The topological polar surface area (TPSA) is 17.1 Å². The van der Waals surface area contributed by atoms with Gasteiger partial charge >= 0.3 is 0 Å². The van der Waals surface area contributed by atoms with Crippen molar-refractivity contribution in [1.29, 1.82) is 0 Å². The molecule has 1 aliphatic rings. The summed E-state index contributed by atoms with van der Waals surface area (Å²) in [5.74, 6) is 1.10. The molecule has 0 spiro atoms. The molecular formula is C12H20O. The SMILES string of the molecule is CC(C)C(C)(C)C1C=CCCC1=O. The molecule has 0 aromatic heterocycles. The Morgan fingerprint density at radius 3 is 2.54 bits per heavy atom. The van der Waals surface area contributed by atoms with Crippen molar-refractivity contribution in [3.05, 3.63) is 12.2 Å². The third-order valence-corrected chi connectivity index (χ3v) is 3.52. The normalized spacial score (nSPS) is 24.1. The van der Waals surface area contributed by atoms with Crippen LogP contribution in [-0.4, -0.2) is 5.78 Å². The lowest BCUT2D eigenvalue weighted by Gasteiger charge is -2.36. The molecule has 0 heterocycles. The van der Waals surface area contributed by atoms with Gasteiger partial charge in [0, 0.05) is 12.3 Å². The molecule has 0 N–H and O–H groups in total. The predicted octanol–water partition coefficient (Wildman–Crippen LogP) is 3.20. The van der Waals surface area contributed by atoms with Crippen LogP contribution in [0.2, 0.25) is 0 Å². The molecule has 0 aliphatic heterocycles. The highest BCUT2D eigenvalue weighted by molar-refractivity contribution is 5.84. The van der Waals surface area contributed by atoms with Crippen LogP contribution < -0.4 is 0 Å². The molecule has 0 saturated carbocycles. The summed E-state index contributed by atoms with van der Waals surface area (Å²) in [5.41, 5.74) is 0.105. The van der Waals surface area contributed by atoms with Crippen molar-refractivity contribution in [2.24, 2.45) is 17.3 Å². The van der Waals surface area contributed by atoms with Crippen molar-refractivity contribution in [2.75, 3.05) is 0 Å². The fraction of sp³-hybridized carbons (Fsp3) is 0.750. The molecule has 0 radical (unpaired) electrons. The highest BCUT2D eigenvalue weighted by Crippen LogP contribution is 2.38. The van der Waals surface area contributed by atoms with Gasteiger partial charge in [-0.3, -0.25) is 4.79 Å². The zero-order chi connectivity index (χ0) is 10.1. The maximum atomic E-state index is 11.7. The first-order valence-electron chi connectivity index (χ1n) is 5.15. The Kier molecular flexibility index (Phi) is 2.94. The van der Waals surface area contributed by atoms with Gasteiger partial charge in [0.1, 0.15) is 5.78 Å². The Morgan fingerprint density at radius 1 is 1.46 bits per heavy atom. The second-order valence-electron chi connectivity index (χ2n) is 4.89. The Hall–Kier alpha value is -0.590. The van der Waals surface area contributed by atoms with Gasteiger partial charge in [0.2, 0.25) is 0 Å². The monoisotopic (exact) mass is 180 g/mol. The van der Waals surface area contributed by atoms with E-state index in [1.54, 1.807) is 0 Å². The summed E-state index contributed by atoms with van der Waals surface area (Å²) in [6, 6.07) is 0. The van der Waals surface area contributed by atoms with Gasteiger partial charge in [-0.25, -0.2) is 0 Å². The van der Waals surface area contributed by atoms with Crippen LogP contribution in [0, 0.1) is 17.3 Å². The number of rotatable bonds is 2. The predicted molar refractivity (Wildman–Crippen MR) is 55.5 cm³/mol. The Balaban J connectivity index is 2.85. The molecule has 74 valence electrons. The van der Waals surface area contributed by atoms with E-state index < -0.39 is 0 Å². The second-order valence-corrected chi connectivity index (χ2v) is 4.89. The molecule has 13 heavy (non-hydrogen) atoms. The van der Waals surface area contributed by atoms with Gasteiger partial charge in [0.05, 0.1) is 0 Å². The van der Waals surface area contributed by atoms with Crippen molar-refractivity contribution in [3.63, 3.8) is 0 Å². The Morgan fingerprint density at radius 2 is 2.08 bits per heavy atom. The van der Waals surface area contributed by atoms with E-state index in [-0.39, 0.29) is 11.3 Å². The number of hydrogen-bond donors (Lipinski definition) is 0. The van der Waals surface area contributed by atoms with Gasteiger partial charge in [0.25, 0.3) is 0 Å². The molecule has 0 aromatic carbocycles. The van der Waals surface area contributed by atoms with E-state index in [1.807, 2.05) is 0 Å².